The topological polar surface area (TPSA) is 79.6 Å². The summed E-state index contributed by atoms with van der Waals surface area (Å²) in [6, 6.07) is 0.429. The van der Waals surface area contributed by atoms with Gasteiger partial charge in [-0.15, -0.1) is 5.10 Å². The molecule has 2 rings (SSSR count). The van der Waals surface area contributed by atoms with Gasteiger partial charge >= 0.3 is 6.01 Å². The van der Waals surface area contributed by atoms with E-state index < -0.39 is 0 Å². The normalized spacial score (nSPS) is 10.2. The van der Waals surface area contributed by atoms with E-state index in [-0.39, 0.29) is 0 Å². The van der Waals surface area contributed by atoms with Crippen molar-refractivity contribution in [3.05, 3.63) is 23.8 Å². The Morgan fingerprint density at radius 1 is 1.54 bits per heavy atom. The summed E-state index contributed by atoms with van der Waals surface area (Å²) in [5.74, 6) is 0.551. The maximum Gasteiger partial charge on any atom is 0.315 e. The van der Waals surface area contributed by atoms with Gasteiger partial charge in [0.2, 0.25) is 5.89 Å². The SMILES string of the molecule is Cc1nnc(NCc2cn[nH]c2)o1. The zero-order valence-electron chi connectivity index (χ0n) is 7.11. The van der Waals surface area contributed by atoms with E-state index >= 15 is 0 Å². The van der Waals surface area contributed by atoms with Crippen LogP contribution in [0.3, 0.4) is 0 Å². The molecule has 6 nitrogen and oxygen atoms in total. The summed E-state index contributed by atoms with van der Waals surface area (Å²) >= 11 is 0. The summed E-state index contributed by atoms with van der Waals surface area (Å²) in [5, 5.41) is 17.0. The Labute approximate surface area is 74.4 Å². The molecule has 0 bridgehead atoms. The van der Waals surface area contributed by atoms with Crippen LogP contribution in [0.15, 0.2) is 16.8 Å². The number of nitrogens with one attached hydrogen (secondary N) is 2. The van der Waals surface area contributed by atoms with Crippen LogP contribution in [0.2, 0.25) is 0 Å². The van der Waals surface area contributed by atoms with E-state index in [1.54, 1.807) is 19.3 Å². The molecule has 0 saturated heterocycles. The third-order valence-electron chi connectivity index (χ3n) is 1.52. The van der Waals surface area contributed by atoms with E-state index in [9.17, 15) is 0 Å². The van der Waals surface area contributed by atoms with Gasteiger partial charge in [0, 0.05) is 25.2 Å². The molecule has 0 aliphatic carbocycles. The largest absolute Gasteiger partial charge is 0.408 e. The molecule has 2 aromatic rings. The lowest BCUT2D eigenvalue weighted by atomic mass is 10.4. The molecule has 0 aliphatic rings. The third-order valence-corrected chi connectivity index (χ3v) is 1.52. The summed E-state index contributed by atoms with van der Waals surface area (Å²) in [6.45, 7) is 2.37. The molecule has 0 radical (unpaired) electrons. The molecule has 0 atom stereocenters. The molecule has 0 saturated carbocycles. The summed E-state index contributed by atoms with van der Waals surface area (Å²) in [6.07, 6.45) is 3.53. The van der Waals surface area contributed by atoms with Crippen molar-refractivity contribution in [3.8, 4) is 0 Å². The monoisotopic (exact) mass is 179 g/mol. The van der Waals surface area contributed by atoms with Gasteiger partial charge in [0.1, 0.15) is 0 Å². The van der Waals surface area contributed by atoms with Crippen LogP contribution in [0, 0.1) is 6.92 Å². The molecular formula is C7H9N5O. The number of nitrogens with zero attached hydrogens (tertiary/aromatic N) is 3. The minimum atomic E-state index is 0.429. The van der Waals surface area contributed by atoms with Crippen molar-refractivity contribution >= 4 is 6.01 Å². The number of aryl methyl sites for hydroxylation is 1. The Bertz CT molecular complexity index is 366. The first kappa shape index (κ1) is 7.78. The van der Waals surface area contributed by atoms with Crippen molar-refractivity contribution in [2.75, 3.05) is 5.32 Å². The lowest BCUT2D eigenvalue weighted by Gasteiger charge is -1.95. The third kappa shape index (κ3) is 1.84. The molecule has 0 aromatic carbocycles. The van der Waals surface area contributed by atoms with E-state index in [0.29, 0.717) is 18.5 Å². The second kappa shape index (κ2) is 3.26. The number of aromatic nitrogens is 4. The zero-order valence-corrected chi connectivity index (χ0v) is 7.11. The van der Waals surface area contributed by atoms with Crippen molar-refractivity contribution in [3.63, 3.8) is 0 Å². The molecule has 6 heteroatoms. The predicted octanol–water partition coefficient (Wildman–Crippen LogP) is 0.713. The average molecular weight is 179 g/mol. The lowest BCUT2D eigenvalue weighted by Crippen LogP contribution is -1.98. The highest BCUT2D eigenvalue weighted by Gasteiger charge is 2.00. The van der Waals surface area contributed by atoms with Crippen molar-refractivity contribution in [2.24, 2.45) is 0 Å². The number of hydrogen-bond acceptors (Lipinski definition) is 5. The van der Waals surface area contributed by atoms with E-state index in [2.05, 4.69) is 25.7 Å². The lowest BCUT2D eigenvalue weighted by molar-refractivity contribution is 0.530. The summed E-state index contributed by atoms with van der Waals surface area (Å²) in [7, 11) is 0. The molecule has 2 N–H and O–H groups in total. The number of aromatic amines is 1. The highest BCUT2D eigenvalue weighted by atomic mass is 16.4. The van der Waals surface area contributed by atoms with Gasteiger partial charge in [0.15, 0.2) is 0 Å². The van der Waals surface area contributed by atoms with Gasteiger partial charge in [0.05, 0.1) is 6.20 Å². The molecule has 2 heterocycles. The van der Waals surface area contributed by atoms with Gasteiger partial charge in [-0.05, 0) is 0 Å². The van der Waals surface area contributed by atoms with Crippen molar-refractivity contribution in [2.45, 2.75) is 13.5 Å². The second-order valence-corrected chi connectivity index (χ2v) is 2.59. The molecule has 2 aromatic heterocycles. The summed E-state index contributed by atoms with van der Waals surface area (Å²) < 4.78 is 5.12. The first-order valence-electron chi connectivity index (χ1n) is 3.86. The first-order valence-corrected chi connectivity index (χ1v) is 3.86. The van der Waals surface area contributed by atoms with Crippen LogP contribution >= 0.6 is 0 Å². The Morgan fingerprint density at radius 3 is 3.08 bits per heavy atom. The van der Waals surface area contributed by atoms with Crippen LogP contribution in [0.4, 0.5) is 6.01 Å². The Kier molecular flexibility index (Phi) is 1.95. The minimum absolute atomic E-state index is 0.429. The zero-order chi connectivity index (χ0) is 9.10. The first-order chi connectivity index (χ1) is 6.34. The van der Waals surface area contributed by atoms with Gasteiger partial charge in [-0.3, -0.25) is 5.10 Å². The molecule has 13 heavy (non-hydrogen) atoms. The van der Waals surface area contributed by atoms with Crippen LogP contribution in [0.25, 0.3) is 0 Å². The fourth-order valence-electron chi connectivity index (χ4n) is 0.920. The Hall–Kier alpha value is -1.85. The van der Waals surface area contributed by atoms with Crippen molar-refractivity contribution in [1.82, 2.24) is 20.4 Å². The molecule has 0 unspecified atom stereocenters. The minimum Gasteiger partial charge on any atom is -0.408 e. The second-order valence-electron chi connectivity index (χ2n) is 2.59. The van der Waals surface area contributed by atoms with E-state index in [1.165, 1.54) is 0 Å². The van der Waals surface area contributed by atoms with Crippen LogP contribution in [0.5, 0.6) is 0 Å². The molecule has 68 valence electrons. The number of anilines is 1. The van der Waals surface area contributed by atoms with Crippen molar-refractivity contribution < 1.29 is 4.42 Å². The smallest absolute Gasteiger partial charge is 0.315 e. The van der Waals surface area contributed by atoms with Crippen molar-refractivity contribution in [1.29, 1.82) is 0 Å². The number of rotatable bonds is 3. The number of H-pyrrole nitrogens is 1. The predicted molar refractivity (Wildman–Crippen MR) is 44.9 cm³/mol. The van der Waals surface area contributed by atoms with Gasteiger partial charge < -0.3 is 9.73 Å². The fraction of sp³-hybridized carbons (Fsp3) is 0.286. The molecule has 0 fully saturated rings. The summed E-state index contributed by atoms with van der Waals surface area (Å²) in [4.78, 5) is 0. The number of hydrogen-bond donors (Lipinski definition) is 2. The van der Waals surface area contributed by atoms with E-state index in [1.807, 2.05) is 0 Å². The molecular weight excluding hydrogens is 170 g/mol. The fourth-order valence-corrected chi connectivity index (χ4v) is 0.920. The van der Waals surface area contributed by atoms with E-state index in [0.717, 1.165) is 5.56 Å². The van der Waals surface area contributed by atoms with E-state index in [4.69, 9.17) is 4.42 Å². The van der Waals surface area contributed by atoms with Gasteiger partial charge in [0.25, 0.3) is 0 Å². The highest BCUT2D eigenvalue weighted by Crippen LogP contribution is 2.05. The van der Waals surface area contributed by atoms with Crippen LogP contribution in [-0.4, -0.2) is 20.4 Å². The van der Waals surface area contributed by atoms with Gasteiger partial charge in [-0.2, -0.15) is 5.10 Å². The Balaban J connectivity index is 1.93. The standard InChI is InChI=1S/C7H9N5O/c1-5-11-12-7(13-5)8-2-6-3-9-10-4-6/h3-4H,2H2,1H3,(H,8,12)(H,9,10). The Morgan fingerprint density at radius 2 is 2.46 bits per heavy atom. The molecule has 0 aliphatic heterocycles. The average Bonchev–Trinajstić information content (AvgIpc) is 2.71. The van der Waals surface area contributed by atoms with Gasteiger partial charge in [-0.1, -0.05) is 5.10 Å². The summed E-state index contributed by atoms with van der Waals surface area (Å²) in [5.41, 5.74) is 1.04. The van der Waals surface area contributed by atoms with Gasteiger partial charge in [-0.25, -0.2) is 0 Å². The molecule has 0 spiro atoms. The maximum atomic E-state index is 5.12. The quantitative estimate of drug-likeness (QED) is 0.725. The molecule has 0 amide bonds. The van der Waals surface area contributed by atoms with Crippen LogP contribution in [0.1, 0.15) is 11.5 Å². The van der Waals surface area contributed by atoms with Crippen LogP contribution < -0.4 is 5.32 Å². The highest BCUT2D eigenvalue weighted by molar-refractivity contribution is 5.20. The maximum absolute atomic E-state index is 5.12. The van der Waals surface area contributed by atoms with Crippen LogP contribution in [-0.2, 0) is 6.54 Å².